The molecule has 576 valence electrons. The van der Waals surface area contributed by atoms with Crippen LogP contribution in [0.1, 0.15) is 297 Å². The van der Waals surface area contributed by atoms with Gasteiger partial charge in [-0.2, -0.15) is 0 Å². The summed E-state index contributed by atoms with van der Waals surface area (Å²) in [4.78, 5) is 51.0. The van der Waals surface area contributed by atoms with Gasteiger partial charge in [0.2, 0.25) is 0 Å². The fourth-order valence-corrected chi connectivity index (χ4v) is 13.8. The minimum Gasteiger partial charge on any atom is -0.463 e. The van der Waals surface area contributed by atoms with E-state index in [2.05, 4.69) is 39.8 Å². The average Bonchev–Trinajstić information content (AvgIpc) is 0.763. The van der Waals surface area contributed by atoms with Crippen molar-refractivity contribution in [3.63, 3.8) is 0 Å². The largest absolute Gasteiger partial charge is 0.472 e. The number of phosphoric acid groups is 1. The van der Waals surface area contributed by atoms with Gasteiger partial charge in [0.15, 0.2) is 18.7 Å². The van der Waals surface area contributed by atoms with Gasteiger partial charge in [-0.3, -0.25) is 23.4 Å². The Morgan fingerprint density at radius 3 is 1.21 bits per heavy atom. The molecule has 0 amide bonds. The van der Waals surface area contributed by atoms with E-state index in [-0.39, 0.29) is 19.3 Å². The number of allylic oxidation sites excluding steroid dienone is 2. The third-order valence-electron chi connectivity index (χ3n) is 19.2. The zero-order chi connectivity index (χ0) is 71.9. The van der Waals surface area contributed by atoms with Gasteiger partial charge in [0.1, 0.15) is 98.7 Å². The molecule has 2 saturated heterocycles. The number of carbonyl (C=O) groups excluding carboxylic acids is 3. The number of esters is 3. The van der Waals surface area contributed by atoms with Crippen molar-refractivity contribution in [2.24, 2.45) is 5.92 Å². The fourth-order valence-electron chi connectivity index (χ4n) is 12.8. The molecular formula is C73H135O24P. The highest BCUT2D eigenvalue weighted by Gasteiger charge is 2.58. The summed E-state index contributed by atoms with van der Waals surface area (Å²) in [6, 6.07) is 0. The van der Waals surface area contributed by atoms with Crippen molar-refractivity contribution < 1.29 is 117 Å². The van der Waals surface area contributed by atoms with E-state index in [1.54, 1.807) is 0 Å². The van der Waals surface area contributed by atoms with Gasteiger partial charge in [0, 0.05) is 19.3 Å². The van der Waals surface area contributed by atoms with Crippen LogP contribution < -0.4 is 0 Å². The Labute approximate surface area is 586 Å². The van der Waals surface area contributed by atoms with Crippen LogP contribution in [0.2, 0.25) is 0 Å². The average molecular weight is 1430 g/mol. The maximum atomic E-state index is 14.3. The van der Waals surface area contributed by atoms with Crippen molar-refractivity contribution in [1.82, 2.24) is 0 Å². The lowest BCUT2D eigenvalue weighted by Crippen LogP contribution is -2.69. The molecule has 19 atom stereocenters. The highest BCUT2D eigenvalue weighted by atomic mass is 31.2. The van der Waals surface area contributed by atoms with Crippen LogP contribution in [0, 0.1) is 5.92 Å². The van der Waals surface area contributed by atoms with E-state index in [0.29, 0.717) is 31.6 Å². The quantitative estimate of drug-likeness (QED) is 0.00886. The van der Waals surface area contributed by atoms with Crippen molar-refractivity contribution in [2.45, 2.75) is 402 Å². The zero-order valence-electron chi connectivity index (χ0n) is 60.2. The normalized spacial score (nSPS) is 28.0. The minimum atomic E-state index is -5.70. The summed E-state index contributed by atoms with van der Waals surface area (Å²) in [6.07, 6.45) is 11.4. The lowest BCUT2D eigenvalue weighted by Gasteiger charge is -2.49. The van der Waals surface area contributed by atoms with Gasteiger partial charge in [-0.1, -0.05) is 245 Å². The Morgan fingerprint density at radius 1 is 0.418 bits per heavy atom. The zero-order valence-corrected chi connectivity index (χ0v) is 61.1. The van der Waals surface area contributed by atoms with E-state index in [0.717, 1.165) is 89.9 Å². The first-order valence-electron chi connectivity index (χ1n) is 38.4. The van der Waals surface area contributed by atoms with Crippen molar-refractivity contribution in [3.8, 4) is 0 Å². The van der Waals surface area contributed by atoms with Crippen molar-refractivity contribution >= 4 is 25.7 Å². The highest BCUT2D eigenvalue weighted by Crippen LogP contribution is 2.49. The van der Waals surface area contributed by atoms with Gasteiger partial charge in [0.25, 0.3) is 0 Å². The predicted octanol–water partition coefficient (Wildman–Crippen LogP) is 10.6. The summed E-state index contributed by atoms with van der Waals surface area (Å²) in [7, 11) is -5.70. The molecule has 25 heteroatoms. The Bertz CT molecular complexity index is 2090. The molecule has 1 saturated carbocycles. The third-order valence-corrected chi connectivity index (χ3v) is 20.2. The predicted molar refractivity (Wildman–Crippen MR) is 370 cm³/mol. The van der Waals surface area contributed by atoms with E-state index in [4.69, 9.17) is 42.2 Å². The summed E-state index contributed by atoms with van der Waals surface area (Å²) in [5, 5.41) is 110. The summed E-state index contributed by atoms with van der Waals surface area (Å²) < 4.78 is 65.0. The molecule has 11 N–H and O–H groups in total. The molecule has 1 aliphatic carbocycles. The molecule has 2 aliphatic heterocycles. The molecule has 0 radical (unpaired) electrons. The topological polar surface area (TPSA) is 374 Å². The number of phosphoric ester groups is 1. The van der Waals surface area contributed by atoms with E-state index < -0.39 is 156 Å². The number of aliphatic hydroxyl groups is 10. The molecule has 19 unspecified atom stereocenters. The van der Waals surface area contributed by atoms with Gasteiger partial charge in [-0.15, -0.1) is 0 Å². The molecule has 0 aromatic carbocycles. The number of carbonyl (C=O) groups is 3. The van der Waals surface area contributed by atoms with Crippen LogP contribution in [0.3, 0.4) is 0 Å². The number of hydrogen-bond acceptors (Lipinski definition) is 23. The molecule has 98 heavy (non-hydrogen) atoms. The van der Waals surface area contributed by atoms with Crippen LogP contribution in [0.25, 0.3) is 0 Å². The van der Waals surface area contributed by atoms with E-state index in [9.17, 15) is 74.9 Å². The summed E-state index contributed by atoms with van der Waals surface area (Å²) in [5.41, 5.74) is 0. The lowest BCUT2D eigenvalue weighted by atomic mass is 9.84. The molecular weight excluding hydrogens is 1290 g/mol. The molecule has 0 bridgehead atoms. The van der Waals surface area contributed by atoms with Crippen LogP contribution in [0.5, 0.6) is 0 Å². The molecule has 3 aliphatic rings. The molecule has 24 nitrogen and oxygen atoms in total. The first-order chi connectivity index (χ1) is 47.2. The first-order valence-corrected chi connectivity index (χ1v) is 39.9. The van der Waals surface area contributed by atoms with Gasteiger partial charge < -0.3 is 89.1 Å². The van der Waals surface area contributed by atoms with Gasteiger partial charge in [-0.25, -0.2) is 4.57 Å². The summed E-state index contributed by atoms with van der Waals surface area (Å²) >= 11 is 0. The maximum absolute atomic E-state index is 14.3. The Kier molecular flexibility index (Phi) is 49.9. The maximum Gasteiger partial charge on any atom is 0.472 e. The number of hydrogen-bond donors (Lipinski definition) is 11. The lowest BCUT2D eigenvalue weighted by molar-refractivity contribution is -0.360. The third kappa shape index (κ3) is 37.4. The van der Waals surface area contributed by atoms with Crippen LogP contribution in [0.4, 0.5) is 0 Å². The van der Waals surface area contributed by atoms with Gasteiger partial charge in [0.05, 0.1) is 13.2 Å². The second-order valence-electron chi connectivity index (χ2n) is 28.0. The van der Waals surface area contributed by atoms with Crippen molar-refractivity contribution in [2.75, 3.05) is 26.4 Å². The van der Waals surface area contributed by atoms with Crippen LogP contribution in [0.15, 0.2) is 12.2 Å². The molecule has 3 rings (SSSR count). The Balaban J connectivity index is 1.74. The second-order valence-corrected chi connectivity index (χ2v) is 29.4. The van der Waals surface area contributed by atoms with Crippen molar-refractivity contribution in [3.05, 3.63) is 12.2 Å². The number of rotatable bonds is 59. The number of aliphatic hydroxyl groups excluding tert-OH is 10. The molecule has 0 spiro atoms. The first kappa shape index (κ1) is 89.9. The monoisotopic (exact) mass is 1430 g/mol. The van der Waals surface area contributed by atoms with E-state index in [1.807, 2.05) is 0 Å². The summed E-state index contributed by atoms with van der Waals surface area (Å²) in [5.74, 6) is -1.30. The van der Waals surface area contributed by atoms with Crippen molar-refractivity contribution in [1.29, 1.82) is 0 Å². The second kappa shape index (κ2) is 54.3. The van der Waals surface area contributed by atoms with Crippen LogP contribution >= 0.6 is 7.82 Å². The minimum absolute atomic E-state index is 0.0292. The Morgan fingerprint density at radius 2 is 0.776 bits per heavy atom. The summed E-state index contributed by atoms with van der Waals surface area (Å²) in [6.45, 7) is 5.75. The SMILES string of the molecule is CCCCCCCCC/C=C\CCCCCC(=O)OC(COC(=O)CCCCCCCCCCCCCCC)COP(=O)(O)OC1C(OC2OC(CO)C(O)C(O)C2O)C(O)C(O)C(O)C1OC1OC(COC(=O)CCCCCCCCC(C)CCCCCCCC)C(O)C(O)C1O. The molecule has 2 heterocycles. The number of ether oxygens (including phenoxy) is 7. The van der Waals surface area contributed by atoms with Gasteiger partial charge >= 0.3 is 25.7 Å². The van der Waals surface area contributed by atoms with Crippen LogP contribution in [-0.4, -0.2) is 204 Å². The number of unbranched alkanes of at least 4 members (excludes halogenated alkanes) is 32. The molecule has 0 aromatic rings. The standard InChI is InChI=1S/C73H135O24P/c1-5-8-11-14-17-19-21-23-25-27-29-31-38-43-48-59(77)92-54(50-89-57(75)46-41-36-30-28-26-24-22-20-18-15-12-9-6-2)51-91-98(87,88)97-71-69(95-72-67(85)62(80)60(78)55(49-74)93-72)65(83)64(82)66(84)70(71)96-73-68(86)63(81)61(79)56(94-73)52-90-58(76)47-42-37-33-32-35-40-45-53(4)44-39-34-16-13-10-7-3/h25,27,53-56,60-74,78-86H,5-24,26,28-52H2,1-4H3,(H,87,88)/b27-25-. The smallest absolute Gasteiger partial charge is 0.463 e. The molecule has 0 aromatic heterocycles. The van der Waals surface area contributed by atoms with Gasteiger partial charge in [-0.05, 0) is 50.9 Å². The Hall–Kier alpha value is -2.30. The molecule has 3 fully saturated rings. The van der Waals surface area contributed by atoms with E-state index >= 15 is 0 Å². The van der Waals surface area contributed by atoms with Crippen LogP contribution in [-0.2, 0) is 61.2 Å². The van der Waals surface area contributed by atoms with E-state index in [1.165, 1.54) is 135 Å². The fraction of sp³-hybridized carbons (Fsp3) is 0.932. The highest BCUT2D eigenvalue weighted by molar-refractivity contribution is 7.47.